The molecule has 1 saturated carbocycles. The van der Waals surface area contributed by atoms with Gasteiger partial charge >= 0.3 is 6.09 Å². The van der Waals surface area contributed by atoms with E-state index in [2.05, 4.69) is 37.5 Å². The Hall–Kier alpha value is -3.06. The number of rotatable bonds is 5. The second-order valence-electron chi connectivity index (χ2n) is 14.3. The van der Waals surface area contributed by atoms with Gasteiger partial charge in [0.05, 0.1) is 5.92 Å². The molecule has 2 fully saturated rings. The molecule has 2 aromatic rings. The highest BCUT2D eigenvalue weighted by molar-refractivity contribution is 6.30. The molecule has 0 aromatic heterocycles. The maximum Gasteiger partial charge on any atom is 0.407 e. The summed E-state index contributed by atoms with van der Waals surface area (Å²) in [6, 6.07) is 13.0. The number of halogens is 1. The van der Waals surface area contributed by atoms with Crippen LogP contribution in [0.3, 0.4) is 0 Å². The van der Waals surface area contributed by atoms with Crippen LogP contribution in [0.1, 0.15) is 102 Å². The average Bonchev–Trinajstić information content (AvgIpc) is 2.91. The average molecular weight is 610 g/mol. The smallest absolute Gasteiger partial charge is 0.407 e. The Morgan fingerprint density at radius 1 is 0.953 bits per heavy atom. The number of amides is 3. The molecule has 4 rings (SSSR count). The molecule has 8 heteroatoms. The summed E-state index contributed by atoms with van der Waals surface area (Å²) in [6.45, 7) is 14.5. The second-order valence-corrected chi connectivity index (χ2v) is 14.7. The number of nitrogens with one attached hydrogen (secondary N) is 2. The van der Waals surface area contributed by atoms with E-state index in [1.165, 1.54) is 0 Å². The van der Waals surface area contributed by atoms with Gasteiger partial charge in [-0.15, -0.1) is 0 Å². The van der Waals surface area contributed by atoms with Gasteiger partial charge in [-0.1, -0.05) is 50.9 Å². The van der Waals surface area contributed by atoms with E-state index in [0.29, 0.717) is 30.0 Å². The highest BCUT2D eigenvalue weighted by atomic mass is 35.5. The first kappa shape index (κ1) is 32.8. The van der Waals surface area contributed by atoms with Gasteiger partial charge in [-0.25, -0.2) is 4.79 Å². The number of benzene rings is 2. The molecule has 2 N–H and O–H groups in total. The van der Waals surface area contributed by atoms with Gasteiger partial charge in [0.15, 0.2) is 0 Å². The standard InChI is InChI=1S/C35H48ClN3O4/c1-22-19-25(36)16-17-28(22)32(41)39-18-10-15-29(31(40)37-27-14-9-12-24(21-27)34(2,3)4)30(39)23-11-8-13-26(20-23)38-33(42)43-35(5,6)7/h9,12,14,16-17,19,21,23,26,29-30H,8,10-11,13,15,18,20H2,1-7H3,(H,37,40)(H,38,42)/t23?,26?,29?,30-/m0/s1. The summed E-state index contributed by atoms with van der Waals surface area (Å²) in [5, 5.41) is 6.84. The Morgan fingerprint density at radius 3 is 2.37 bits per heavy atom. The molecular formula is C35H48ClN3O4. The van der Waals surface area contributed by atoms with Crippen LogP contribution < -0.4 is 10.6 Å². The number of aryl methyl sites for hydroxylation is 1. The van der Waals surface area contributed by atoms with E-state index in [0.717, 1.165) is 42.5 Å². The zero-order chi connectivity index (χ0) is 31.5. The van der Waals surface area contributed by atoms with Gasteiger partial charge in [-0.05, 0) is 113 Å². The Kier molecular flexibility index (Phi) is 10.2. The van der Waals surface area contributed by atoms with Crippen LogP contribution in [-0.2, 0) is 14.9 Å². The third-order valence-corrected chi connectivity index (χ3v) is 8.85. The van der Waals surface area contributed by atoms with Crippen LogP contribution >= 0.6 is 11.6 Å². The number of hydrogen-bond acceptors (Lipinski definition) is 4. The first-order valence-corrected chi connectivity index (χ1v) is 16.0. The predicted molar refractivity (Wildman–Crippen MR) is 173 cm³/mol. The van der Waals surface area contributed by atoms with Crippen molar-refractivity contribution in [3.8, 4) is 0 Å². The van der Waals surface area contributed by atoms with E-state index < -0.39 is 11.7 Å². The number of ether oxygens (including phenoxy) is 1. The Morgan fingerprint density at radius 2 is 1.70 bits per heavy atom. The van der Waals surface area contributed by atoms with Crippen LogP contribution in [0, 0.1) is 18.8 Å². The minimum absolute atomic E-state index is 0.0437. The number of carbonyl (C=O) groups excluding carboxylic acids is 3. The molecule has 0 radical (unpaired) electrons. The third kappa shape index (κ3) is 8.53. The highest BCUT2D eigenvalue weighted by Gasteiger charge is 2.44. The maximum atomic E-state index is 14.1. The summed E-state index contributed by atoms with van der Waals surface area (Å²) in [4.78, 5) is 42.8. The molecule has 43 heavy (non-hydrogen) atoms. The normalized spacial score (nSPS) is 22.9. The quantitative estimate of drug-likeness (QED) is 0.361. The van der Waals surface area contributed by atoms with Crippen molar-refractivity contribution >= 4 is 35.2 Å². The third-order valence-electron chi connectivity index (χ3n) is 8.62. The van der Waals surface area contributed by atoms with Crippen molar-refractivity contribution in [1.29, 1.82) is 0 Å². The molecule has 1 heterocycles. The second kappa shape index (κ2) is 13.3. The zero-order valence-electron chi connectivity index (χ0n) is 26.8. The number of carbonyl (C=O) groups is 3. The van der Waals surface area contributed by atoms with Crippen LogP contribution in [0.4, 0.5) is 10.5 Å². The Labute approximate surface area is 262 Å². The summed E-state index contributed by atoms with van der Waals surface area (Å²) in [5.41, 5.74) is 2.69. The molecule has 3 amide bonds. The molecule has 1 saturated heterocycles. The van der Waals surface area contributed by atoms with E-state index in [-0.39, 0.29) is 41.1 Å². The van der Waals surface area contributed by atoms with E-state index in [1.807, 2.05) is 56.9 Å². The summed E-state index contributed by atoms with van der Waals surface area (Å²) >= 11 is 6.21. The fourth-order valence-corrected chi connectivity index (χ4v) is 6.81. The minimum Gasteiger partial charge on any atom is -0.444 e. The number of alkyl carbamates (subject to hydrolysis) is 1. The van der Waals surface area contributed by atoms with Crippen molar-refractivity contribution in [3.63, 3.8) is 0 Å². The van der Waals surface area contributed by atoms with Crippen LogP contribution in [0.15, 0.2) is 42.5 Å². The van der Waals surface area contributed by atoms with Crippen molar-refractivity contribution in [2.45, 2.75) is 110 Å². The first-order valence-electron chi connectivity index (χ1n) is 15.6. The van der Waals surface area contributed by atoms with Gasteiger partial charge in [0.25, 0.3) is 5.91 Å². The molecule has 2 aromatic carbocycles. The molecule has 1 aliphatic heterocycles. The van der Waals surface area contributed by atoms with Gasteiger partial charge in [-0.2, -0.15) is 0 Å². The molecule has 7 nitrogen and oxygen atoms in total. The van der Waals surface area contributed by atoms with Crippen molar-refractivity contribution < 1.29 is 19.1 Å². The predicted octanol–water partition coefficient (Wildman–Crippen LogP) is 7.89. The zero-order valence-corrected chi connectivity index (χ0v) is 27.5. The number of anilines is 1. The fourth-order valence-electron chi connectivity index (χ4n) is 6.59. The van der Waals surface area contributed by atoms with E-state index in [4.69, 9.17) is 16.3 Å². The van der Waals surface area contributed by atoms with E-state index in [9.17, 15) is 14.4 Å². The monoisotopic (exact) mass is 609 g/mol. The van der Waals surface area contributed by atoms with Gasteiger partial charge < -0.3 is 20.3 Å². The SMILES string of the molecule is Cc1cc(Cl)ccc1C(=O)N1CCCC(C(=O)Nc2cccc(C(C)(C)C)c2)[C@@H]1C1CCCC(NC(=O)OC(C)(C)C)C1. The number of hydrogen-bond donors (Lipinski definition) is 2. The molecule has 3 unspecified atom stereocenters. The maximum absolute atomic E-state index is 14.1. The molecule has 1 aliphatic carbocycles. The molecule has 2 aliphatic rings. The molecular weight excluding hydrogens is 562 g/mol. The van der Waals surface area contributed by atoms with Gasteiger partial charge in [0.2, 0.25) is 5.91 Å². The summed E-state index contributed by atoms with van der Waals surface area (Å²) in [6.07, 6.45) is 4.29. The first-order chi connectivity index (χ1) is 20.1. The van der Waals surface area contributed by atoms with Gasteiger partial charge in [0.1, 0.15) is 5.60 Å². The lowest BCUT2D eigenvalue weighted by molar-refractivity contribution is -0.124. The lowest BCUT2D eigenvalue weighted by Crippen LogP contribution is -2.57. The number of nitrogens with zero attached hydrogens (tertiary/aromatic N) is 1. The number of piperidine rings is 1. The van der Waals surface area contributed by atoms with Crippen LogP contribution in [0.25, 0.3) is 0 Å². The summed E-state index contributed by atoms with van der Waals surface area (Å²) < 4.78 is 5.53. The minimum atomic E-state index is -0.589. The van der Waals surface area contributed by atoms with Crippen molar-refractivity contribution in [2.24, 2.45) is 11.8 Å². The largest absolute Gasteiger partial charge is 0.444 e. The topological polar surface area (TPSA) is 87.7 Å². The Balaban J connectivity index is 1.63. The van der Waals surface area contributed by atoms with E-state index in [1.54, 1.807) is 12.1 Å². The van der Waals surface area contributed by atoms with Crippen molar-refractivity contribution in [1.82, 2.24) is 10.2 Å². The van der Waals surface area contributed by atoms with Crippen LogP contribution in [0.5, 0.6) is 0 Å². The lowest BCUT2D eigenvalue weighted by Gasteiger charge is -2.47. The Bertz CT molecular complexity index is 1330. The molecule has 234 valence electrons. The molecule has 4 atom stereocenters. The fraction of sp³-hybridized carbons (Fsp3) is 0.571. The number of likely N-dealkylation sites (tertiary alicyclic amines) is 1. The lowest BCUT2D eigenvalue weighted by atomic mass is 9.72. The van der Waals surface area contributed by atoms with Crippen LogP contribution in [0.2, 0.25) is 5.02 Å². The summed E-state index contributed by atoms with van der Waals surface area (Å²) in [5.74, 6) is -0.478. The van der Waals surface area contributed by atoms with Gasteiger partial charge in [0, 0.05) is 34.9 Å². The van der Waals surface area contributed by atoms with Crippen LogP contribution in [-0.4, -0.2) is 47.0 Å². The summed E-state index contributed by atoms with van der Waals surface area (Å²) in [7, 11) is 0. The van der Waals surface area contributed by atoms with Gasteiger partial charge in [-0.3, -0.25) is 9.59 Å². The molecule has 0 bridgehead atoms. The highest BCUT2D eigenvalue weighted by Crippen LogP contribution is 2.39. The van der Waals surface area contributed by atoms with E-state index >= 15 is 0 Å². The van der Waals surface area contributed by atoms with Crippen molar-refractivity contribution in [3.05, 3.63) is 64.2 Å². The molecule has 0 spiro atoms. The van der Waals surface area contributed by atoms with Crippen molar-refractivity contribution in [2.75, 3.05) is 11.9 Å².